The molecule has 0 heterocycles. The van der Waals surface area contributed by atoms with E-state index in [1.165, 1.54) is 0 Å². The molecule has 2 nitrogen and oxygen atoms in total. The van der Waals surface area contributed by atoms with Gasteiger partial charge in [0.05, 0.1) is 6.61 Å². The fourth-order valence-corrected chi connectivity index (χ4v) is 0.521. The van der Waals surface area contributed by atoms with Gasteiger partial charge >= 0.3 is 5.95 Å². The van der Waals surface area contributed by atoms with Crippen LogP contribution >= 0.6 is 0 Å². The average molecular weight is 170 g/mol. The highest BCUT2D eigenvalue weighted by molar-refractivity contribution is 5.07. The molecule has 0 rings (SSSR count). The van der Waals surface area contributed by atoms with E-state index in [1.54, 1.807) is 0 Å². The standard InChI is InChI=1S/C10H18O2/c1-6-12-9(11)7-8(2)10(3,4)5/h11H,6H2,1-5H3. The Balaban J connectivity index is 4.63. The molecule has 0 aliphatic rings. The smallest absolute Gasteiger partial charge is 0.325 e. The van der Waals surface area contributed by atoms with Gasteiger partial charge in [-0.1, -0.05) is 20.8 Å². The second-order valence-electron chi connectivity index (χ2n) is 3.74. The van der Waals surface area contributed by atoms with Crippen LogP contribution in [0.3, 0.4) is 0 Å². The van der Waals surface area contributed by atoms with Crippen molar-refractivity contribution in [2.24, 2.45) is 5.41 Å². The molecule has 0 atom stereocenters. The van der Waals surface area contributed by atoms with E-state index >= 15 is 0 Å². The summed E-state index contributed by atoms with van der Waals surface area (Å²) in [7, 11) is 0. The third-order valence-corrected chi connectivity index (χ3v) is 1.70. The maximum atomic E-state index is 9.15. The minimum Gasteiger partial charge on any atom is -0.475 e. The molecule has 0 bridgehead atoms. The summed E-state index contributed by atoms with van der Waals surface area (Å²) in [5.41, 5.74) is 3.80. The molecule has 0 fully saturated rings. The van der Waals surface area contributed by atoms with Crippen LogP contribution in [-0.2, 0) is 4.74 Å². The average Bonchev–Trinajstić information content (AvgIpc) is 1.85. The lowest BCUT2D eigenvalue weighted by molar-refractivity contribution is 0.103. The molecule has 1 N–H and O–H groups in total. The topological polar surface area (TPSA) is 29.5 Å². The zero-order chi connectivity index (χ0) is 9.78. The SMILES string of the molecule is CCOC(O)=C=C(C)C(C)(C)C. The summed E-state index contributed by atoms with van der Waals surface area (Å²) in [6.45, 7) is 10.4. The van der Waals surface area contributed by atoms with Crippen molar-refractivity contribution in [3.63, 3.8) is 0 Å². The fourth-order valence-electron chi connectivity index (χ4n) is 0.521. The van der Waals surface area contributed by atoms with Crippen molar-refractivity contribution in [1.29, 1.82) is 0 Å². The van der Waals surface area contributed by atoms with Crippen molar-refractivity contribution in [3.05, 3.63) is 17.2 Å². The van der Waals surface area contributed by atoms with E-state index in [1.807, 2.05) is 13.8 Å². The van der Waals surface area contributed by atoms with Gasteiger partial charge < -0.3 is 9.84 Å². The molecule has 12 heavy (non-hydrogen) atoms. The molecular weight excluding hydrogens is 152 g/mol. The number of allylic oxidation sites excluding steroid dienone is 1. The Kier molecular flexibility index (Phi) is 3.91. The fraction of sp³-hybridized carbons (Fsp3) is 0.700. The van der Waals surface area contributed by atoms with Crippen molar-refractivity contribution >= 4 is 0 Å². The van der Waals surface area contributed by atoms with Gasteiger partial charge in [-0.2, -0.15) is 0 Å². The van der Waals surface area contributed by atoms with Gasteiger partial charge in [-0.15, -0.1) is 0 Å². The maximum Gasteiger partial charge on any atom is 0.325 e. The number of aliphatic hydroxyl groups is 1. The lowest BCUT2D eigenvalue weighted by atomic mass is 9.88. The first-order chi connectivity index (χ1) is 5.38. The highest BCUT2D eigenvalue weighted by Gasteiger charge is 2.12. The Labute approximate surface area is 74.6 Å². The molecule has 0 unspecified atom stereocenters. The Hall–Kier alpha value is -0.880. The molecule has 0 saturated heterocycles. The molecule has 0 saturated carbocycles. The third kappa shape index (κ3) is 4.09. The van der Waals surface area contributed by atoms with Crippen LogP contribution in [0.15, 0.2) is 17.2 Å². The van der Waals surface area contributed by atoms with Crippen LogP contribution in [0, 0.1) is 5.41 Å². The van der Waals surface area contributed by atoms with Gasteiger partial charge in [-0.25, -0.2) is 0 Å². The minimum atomic E-state index is -0.120. The number of aliphatic hydroxyl groups excluding tert-OH is 1. The molecular formula is C10H18O2. The number of rotatable bonds is 2. The molecule has 0 aromatic carbocycles. The molecule has 70 valence electrons. The summed E-state index contributed by atoms with van der Waals surface area (Å²) in [6.07, 6.45) is 0. The Morgan fingerprint density at radius 3 is 2.25 bits per heavy atom. The molecule has 0 radical (unpaired) electrons. The minimum absolute atomic E-state index is 0.0328. The molecule has 0 aliphatic heterocycles. The zero-order valence-electron chi connectivity index (χ0n) is 8.56. The van der Waals surface area contributed by atoms with Crippen LogP contribution in [0.5, 0.6) is 0 Å². The summed E-state index contributed by atoms with van der Waals surface area (Å²) < 4.78 is 4.85. The van der Waals surface area contributed by atoms with Crippen LogP contribution in [0.1, 0.15) is 34.6 Å². The summed E-state index contributed by atoms with van der Waals surface area (Å²) in [5, 5.41) is 9.15. The normalized spacial score (nSPS) is 10.4. The zero-order valence-corrected chi connectivity index (χ0v) is 8.56. The largest absolute Gasteiger partial charge is 0.475 e. The second-order valence-corrected chi connectivity index (χ2v) is 3.74. The van der Waals surface area contributed by atoms with Crippen molar-refractivity contribution < 1.29 is 9.84 Å². The van der Waals surface area contributed by atoms with E-state index < -0.39 is 0 Å². The van der Waals surface area contributed by atoms with Crippen molar-refractivity contribution in [1.82, 2.24) is 0 Å². The van der Waals surface area contributed by atoms with E-state index in [9.17, 15) is 0 Å². The summed E-state index contributed by atoms with van der Waals surface area (Å²) >= 11 is 0. The van der Waals surface area contributed by atoms with E-state index in [0.717, 1.165) is 5.57 Å². The van der Waals surface area contributed by atoms with Gasteiger partial charge in [-0.3, -0.25) is 0 Å². The Morgan fingerprint density at radius 2 is 1.92 bits per heavy atom. The summed E-state index contributed by atoms with van der Waals surface area (Å²) in [4.78, 5) is 0. The quantitative estimate of drug-likeness (QED) is 0.510. The van der Waals surface area contributed by atoms with Crippen molar-refractivity contribution in [2.75, 3.05) is 6.61 Å². The van der Waals surface area contributed by atoms with E-state index in [0.29, 0.717) is 6.61 Å². The highest BCUT2D eigenvalue weighted by Crippen LogP contribution is 2.23. The molecule has 0 aromatic heterocycles. The highest BCUT2D eigenvalue weighted by atomic mass is 16.6. The molecule has 0 amide bonds. The predicted molar refractivity (Wildman–Crippen MR) is 49.9 cm³/mol. The van der Waals surface area contributed by atoms with Gasteiger partial charge in [0, 0.05) is 0 Å². The van der Waals surface area contributed by atoms with Crippen molar-refractivity contribution in [2.45, 2.75) is 34.6 Å². The van der Waals surface area contributed by atoms with Gasteiger partial charge in [0.25, 0.3) is 0 Å². The lowest BCUT2D eigenvalue weighted by Crippen LogP contribution is -2.05. The first-order valence-corrected chi connectivity index (χ1v) is 4.17. The summed E-state index contributed by atoms with van der Waals surface area (Å²) in [5.74, 6) is -0.120. The Bertz CT molecular complexity index is 202. The molecule has 2 heteroatoms. The third-order valence-electron chi connectivity index (χ3n) is 1.70. The van der Waals surface area contributed by atoms with Crippen LogP contribution in [-0.4, -0.2) is 11.7 Å². The van der Waals surface area contributed by atoms with E-state index in [-0.39, 0.29) is 11.4 Å². The van der Waals surface area contributed by atoms with Gasteiger partial charge in [0.1, 0.15) is 0 Å². The Morgan fingerprint density at radius 1 is 1.42 bits per heavy atom. The molecule has 0 aliphatic carbocycles. The van der Waals surface area contributed by atoms with Gasteiger partial charge in [0.2, 0.25) is 0 Å². The van der Waals surface area contributed by atoms with Gasteiger partial charge in [0.15, 0.2) is 0 Å². The second kappa shape index (κ2) is 4.22. The number of hydrogen-bond acceptors (Lipinski definition) is 2. The van der Waals surface area contributed by atoms with E-state index in [4.69, 9.17) is 9.84 Å². The van der Waals surface area contributed by atoms with E-state index in [2.05, 4.69) is 26.5 Å². The monoisotopic (exact) mass is 170 g/mol. The predicted octanol–water partition coefficient (Wildman–Crippen LogP) is 3.01. The number of hydrogen-bond donors (Lipinski definition) is 1. The maximum absolute atomic E-state index is 9.15. The lowest BCUT2D eigenvalue weighted by Gasteiger charge is -2.16. The van der Waals surface area contributed by atoms with Crippen LogP contribution in [0.4, 0.5) is 0 Å². The number of ether oxygens (including phenoxy) is 1. The first-order valence-electron chi connectivity index (χ1n) is 4.17. The van der Waals surface area contributed by atoms with Crippen molar-refractivity contribution in [3.8, 4) is 0 Å². The van der Waals surface area contributed by atoms with Crippen LogP contribution in [0.25, 0.3) is 0 Å². The molecule has 0 spiro atoms. The first kappa shape index (κ1) is 11.1. The summed E-state index contributed by atoms with van der Waals surface area (Å²) in [6, 6.07) is 0. The van der Waals surface area contributed by atoms with Crippen LogP contribution < -0.4 is 0 Å². The van der Waals surface area contributed by atoms with Gasteiger partial charge in [-0.05, 0) is 30.6 Å². The van der Waals surface area contributed by atoms with Crippen LogP contribution in [0.2, 0.25) is 0 Å². The molecule has 0 aromatic rings.